The van der Waals surface area contributed by atoms with Crippen LogP contribution in [-0.4, -0.2) is 15.0 Å². The van der Waals surface area contributed by atoms with Gasteiger partial charge in [-0.15, -0.1) is 22.7 Å². The van der Waals surface area contributed by atoms with E-state index < -0.39 is 22.7 Å². The van der Waals surface area contributed by atoms with Crippen LogP contribution in [0.4, 0.5) is 8.78 Å². The molecule has 170 valence electrons. The number of alkyl halides is 2. The maximum absolute atomic E-state index is 13.1. The zero-order valence-electron chi connectivity index (χ0n) is 16.5. The van der Waals surface area contributed by atoms with Gasteiger partial charge in [-0.25, -0.2) is 13.6 Å². The van der Waals surface area contributed by atoms with Crippen molar-refractivity contribution in [2.75, 3.05) is 0 Å². The largest absolute Gasteiger partial charge is 0.479 e. The van der Waals surface area contributed by atoms with Gasteiger partial charge in [-0.3, -0.25) is 0 Å². The average molecular weight is 570 g/mol. The summed E-state index contributed by atoms with van der Waals surface area (Å²) in [6.45, 7) is -2.99. The molecule has 11 heteroatoms. The van der Waals surface area contributed by atoms with Gasteiger partial charge in [-0.2, -0.15) is 8.78 Å². The summed E-state index contributed by atoms with van der Waals surface area (Å²) < 4.78 is 62.2. The minimum absolute atomic E-state index is 0.000883. The Morgan fingerprint density at radius 1 is 1.06 bits per heavy atom. The molecular weight excluding hydrogens is 556 g/mol. The second kappa shape index (κ2) is 8.48. The summed E-state index contributed by atoms with van der Waals surface area (Å²) in [5, 5.41) is 8.96. The first-order valence-electron chi connectivity index (χ1n) is 9.46. The van der Waals surface area contributed by atoms with Crippen LogP contribution in [0, 0.1) is 0 Å². The molecule has 1 aliphatic heterocycles. The molecule has 0 spiro atoms. The van der Waals surface area contributed by atoms with Gasteiger partial charge < -0.3 is 9.47 Å². The number of primary sulfonamides is 1. The van der Waals surface area contributed by atoms with E-state index in [0.717, 1.165) is 20.7 Å². The van der Waals surface area contributed by atoms with Crippen molar-refractivity contribution in [3.8, 4) is 33.8 Å². The van der Waals surface area contributed by atoms with Gasteiger partial charge in [0.05, 0.1) is 10.4 Å². The van der Waals surface area contributed by atoms with Gasteiger partial charge in [-0.05, 0) is 68.1 Å². The van der Waals surface area contributed by atoms with Gasteiger partial charge >= 0.3 is 6.61 Å². The lowest BCUT2D eigenvalue weighted by molar-refractivity contribution is -0.0496. The second-order valence-corrected chi connectivity index (χ2v) is 11.6. The van der Waals surface area contributed by atoms with Crippen LogP contribution in [0.3, 0.4) is 0 Å². The SMILES string of the molecule is NS(=O)(=O)c1sccc1-c1ccc2c(c1)C(c1sccc1Br)Oc1cccc(OC(F)F)c1-2. The van der Waals surface area contributed by atoms with E-state index in [9.17, 15) is 17.2 Å². The number of rotatable bonds is 5. The molecule has 2 aromatic heterocycles. The van der Waals surface area contributed by atoms with E-state index in [1.165, 1.54) is 17.4 Å². The number of hydrogen-bond donors (Lipinski definition) is 1. The van der Waals surface area contributed by atoms with Gasteiger partial charge in [0.2, 0.25) is 10.0 Å². The highest BCUT2D eigenvalue weighted by molar-refractivity contribution is 9.10. The number of fused-ring (bicyclic) bond motifs is 3. The molecule has 5 nitrogen and oxygen atoms in total. The summed E-state index contributed by atoms with van der Waals surface area (Å²) in [5.41, 5.74) is 2.86. The van der Waals surface area contributed by atoms with E-state index in [0.29, 0.717) is 33.6 Å². The number of benzene rings is 2. The molecule has 0 fully saturated rings. The number of sulfonamides is 1. The van der Waals surface area contributed by atoms with Crippen LogP contribution in [0.25, 0.3) is 22.3 Å². The van der Waals surface area contributed by atoms with E-state index in [1.54, 1.807) is 35.7 Å². The van der Waals surface area contributed by atoms with Gasteiger partial charge in [0.15, 0.2) is 6.10 Å². The Labute approximate surface area is 204 Å². The zero-order chi connectivity index (χ0) is 23.3. The van der Waals surface area contributed by atoms with E-state index in [-0.39, 0.29) is 9.96 Å². The molecule has 4 aromatic rings. The van der Waals surface area contributed by atoms with Gasteiger partial charge in [0.25, 0.3) is 0 Å². The molecule has 0 aliphatic carbocycles. The van der Waals surface area contributed by atoms with E-state index in [4.69, 9.17) is 14.6 Å². The monoisotopic (exact) mass is 569 g/mol. The Kier molecular flexibility index (Phi) is 5.78. The van der Waals surface area contributed by atoms with Crippen LogP contribution in [0.2, 0.25) is 0 Å². The highest BCUT2D eigenvalue weighted by Gasteiger charge is 2.33. The van der Waals surface area contributed by atoms with Crippen molar-refractivity contribution in [1.29, 1.82) is 0 Å². The van der Waals surface area contributed by atoms with E-state index in [1.807, 2.05) is 17.5 Å². The molecule has 1 aliphatic rings. The lowest BCUT2D eigenvalue weighted by Crippen LogP contribution is -2.16. The minimum atomic E-state index is -3.91. The number of hydrogen-bond acceptors (Lipinski definition) is 6. The second-order valence-electron chi connectivity index (χ2n) is 7.11. The lowest BCUT2D eigenvalue weighted by Gasteiger charge is -2.30. The summed E-state index contributed by atoms with van der Waals surface area (Å²) in [4.78, 5) is 0.885. The molecule has 2 aromatic carbocycles. The molecule has 2 N–H and O–H groups in total. The molecule has 1 atom stereocenters. The molecule has 5 rings (SSSR count). The number of nitrogens with two attached hydrogens (primary N) is 1. The predicted molar refractivity (Wildman–Crippen MR) is 128 cm³/mol. The topological polar surface area (TPSA) is 78.6 Å². The summed E-state index contributed by atoms with van der Waals surface area (Å²) in [6.07, 6.45) is -0.541. The first-order valence-corrected chi connectivity index (χ1v) is 13.6. The molecule has 33 heavy (non-hydrogen) atoms. The van der Waals surface area contributed by atoms with Crippen LogP contribution >= 0.6 is 38.6 Å². The Morgan fingerprint density at radius 2 is 1.85 bits per heavy atom. The first kappa shape index (κ1) is 22.5. The lowest BCUT2D eigenvalue weighted by atomic mass is 9.89. The quantitative estimate of drug-likeness (QED) is 0.292. The Morgan fingerprint density at radius 3 is 2.55 bits per heavy atom. The molecule has 3 heterocycles. The van der Waals surface area contributed by atoms with Gasteiger partial charge in [0.1, 0.15) is 15.7 Å². The molecule has 0 radical (unpaired) electrons. The number of ether oxygens (including phenoxy) is 2. The normalized spacial score (nSPS) is 15.1. The fourth-order valence-electron chi connectivity index (χ4n) is 3.85. The van der Waals surface area contributed by atoms with Crippen molar-refractivity contribution in [2.45, 2.75) is 16.9 Å². The van der Waals surface area contributed by atoms with Crippen molar-refractivity contribution in [3.05, 3.63) is 74.2 Å². The van der Waals surface area contributed by atoms with Crippen LogP contribution in [0.1, 0.15) is 16.5 Å². The van der Waals surface area contributed by atoms with E-state index >= 15 is 0 Å². The fourth-order valence-corrected chi connectivity index (χ4v) is 7.31. The third-order valence-electron chi connectivity index (χ3n) is 5.13. The van der Waals surface area contributed by atoms with Crippen molar-refractivity contribution in [2.24, 2.45) is 5.14 Å². The van der Waals surface area contributed by atoms with Crippen molar-refractivity contribution >= 4 is 48.6 Å². The summed E-state index contributed by atoms with van der Waals surface area (Å²) in [6, 6.07) is 13.7. The predicted octanol–water partition coefficient (Wildman–Crippen LogP) is 6.64. The summed E-state index contributed by atoms with van der Waals surface area (Å²) in [7, 11) is -3.91. The average Bonchev–Trinajstić information content (AvgIpc) is 3.41. The summed E-state index contributed by atoms with van der Waals surface area (Å²) in [5.74, 6) is 0.417. The Hall–Kier alpha value is -2.31. The minimum Gasteiger partial charge on any atom is -0.479 e. The molecule has 0 bridgehead atoms. The maximum atomic E-state index is 13.1. The first-order chi connectivity index (χ1) is 15.7. The highest BCUT2D eigenvalue weighted by Crippen LogP contribution is 2.51. The summed E-state index contributed by atoms with van der Waals surface area (Å²) >= 11 is 6.07. The van der Waals surface area contributed by atoms with Crippen molar-refractivity contribution < 1.29 is 26.7 Å². The third-order valence-corrected chi connectivity index (χ3v) is 9.48. The molecule has 0 saturated heterocycles. The molecule has 0 amide bonds. The van der Waals surface area contributed by atoms with Gasteiger partial charge in [-0.1, -0.05) is 18.2 Å². The van der Waals surface area contributed by atoms with Crippen LogP contribution in [-0.2, 0) is 10.0 Å². The smallest absolute Gasteiger partial charge is 0.387 e. The number of thiophene rings is 2. The standard InChI is InChI=1S/C22H14BrF2NO4S3/c23-15-7-9-31-20(15)19-14-10-11(12-6-8-32-21(12)33(26,27)28)4-5-13(14)18-16(29-19)2-1-3-17(18)30-22(24)25/h1-10,19,22H,(H2,26,27,28). The highest BCUT2D eigenvalue weighted by atomic mass is 79.9. The Bertz CT molecular complexity index is 1470. The van der Waals surface area contributed by atoms with Crippen molar-refractivity contribution in [1.82, 2.24) is 0 Å². The maximum Gasteiger partial charge on any atom is 0.387 e. The fraction of sp³-hybridized carbons (Fsp3) is 0.0909. The zero-order valence-corrected chi connectivity index (χ0v) is 20.5. The van der Waals surface area contributed by atoms with Crippen LogP contribution in [0.15, 0.2) is 68.0 Å². The third kappa shape index (κ3) is 4.08. The Balaban J connectivity index is 1.75. The van der Waals surface area contributed by atoms with Gasteiger partial charge in [0, 0.05) is 15.6 Å². The van der Waals surface area contributed by atoms with Crippen LogP contribution < -0.4 is 14.6 Å². The molecule has 0 saturated carbocycles. The van der Waals surface area contributed by atoms with E-state index in [2.05, 4.69) is 15.9 Å². The number of halogens is 3. The molecular formula is C22H14BrF2NO4S3. The molecule has 1 unspecified atom stereocenters. The van der Waals surface area contributed by atoms with Crippen LogP contribution in [0.5, 0.6) is 11.5 Å². The van der Waals surface area contributed by atoms with Crippen molar-refractivity contribution in [3.63, 3.8) is 0 Å².